The van der Waals surface area contributed by atoms with E-state index in [-0.39, 0.29) is 11.6 Å². The molecule has 0 bridgehead atoms. The highest BCUT2D eigenvalue weighted by molar-refractivity contribution is 5.98. The van der Waals surface area contributed by atoms with Gasteiger partial charge in [0.2, 0.25) is 0 Å². The maximum Gasteiger partial charge on any atom is 0.164 e. The van der Waals surface area contributed by atoms with Crippen LogP contribution in [0.15, 0.2) is 24.3 Å². The highest BCUT2D eigenvalue weighted by Gasteiger charge is 2.24. The fourth-order valence-electron chi connectivity index (χ4n) is 2.86. The zero-order valence-electron chi connectivity index (χ0n) is 11.2. The van der Waals surface area contributed by atoms with Gasteiger partial charge in [-0.3, -0.25) is 4.79 Å². The Hall–Kier alpha value is -1.90. The van der Waals surface area contributed by atoms with Crippen molar-refractivity contribution in [2.75, 3.05) is 0 Å². The van der Waals surface area contributed by atoms with Crippen LogP contribution in [0.25, 0.3) is 5.69 Å². The van der Waals surface area contributed by atoms with Gasteiger partial charge < -0.3 is 4.57 Å². The van der Waals surface area contributed by atoms with Gasteiger partial charge in [0.15, 0.2) is 5.78 Å². The summed E-state index contributed by atoms with van der Waals surface area (Å²) in [4.78, 5) is 11.9. The summed E-state index contributed by atoms with van der Waals surface area (Å²) < 4.78 is 16.0. The van der Waals surface area contributed by atoms with Crippen LogP contribution in [0.3, 0.4) is 0 Å². The Labute approximate surface area is 111 Å². The van der Waals surface area contributed by atoms with Crippen LogP contribution < -0.4 is 0 Å². The number of fused-ring (bicyclic) bond motifs is 1. The highest BCUT2D eigenvalue weighted by atomic mass is 19.1. The molecule has 1 aromatic carbocycles. The van der Waals surface area contributed by atoms with Crippen molar-refractivity contribution in [2.45, 2.75) is 33.1 Å². The number of nitrogens with zero attached hydrogens (tertiary/aromatic N) is 1. The van der Waals surface area contributed by atoms with E-state index in [2.05, 4.69) is 0 Å². The lowest BCUT2D eigenvalue weighted by atomic mass is 9.96. The first-order valence-electron chi connectivity index (χ1n) is 6.59. The van der Waals surface area contributed by atoms with E-state index in [1.807, 2.05) is 30.5 Å². The fourth-order valence-corrected chi connectivity index (χ4v) is 2.86. The largest absolute Gasteiger partial charge is 0.315 e. The summed E-state index contributed by atoms with van der Waals surface area (Å²) in [5, 5.41) is 0. The summed E-state index contributed by atoms with van der Waals surface area (Å²) in [6.45, 7) is 3.87. The van der Waals surface area contributed by atoms with Crippen molar-refractivity contribution in [1.29, 1.82) is 0 Å². The molecule has 0 radical (unpaired) electrons. The lowest BCUT2D eigenvalue weighted by molar-refractivity contribution is 0.0972. The Morgan fingerprint density at radius 3 is 2.74 bits per heavy atom. The van der Waals surface area contributed by atoms with Crippen LogP contribution in [0.4, 0.5) is 4.39 Å². The molecule has 19 heavy (non-hydrogen) atoms. The number of carbonyl (C=O) groups is 1. The van der Waals surface area contributed by atoms with Gasteiger partial charge in [-0.25, -0.2) is 4.39 Å². The summed E-state index contributed by atoms with van der Waals surface area (Å²) in [7, 11) is 0. The normalized spacial score (nSPS) is 14.6. The molecule has 1 heterocycles. The first-order chi connectivity index (χ1) is 9.08. The summed E-state index contributed by atoms with van der Waals surface area (Å²) >= 11 is 0. The summed E-state index contributed by atoms with van der Waals surface area (Å²) in [6, 6.07) is 6.97. The maximum atomic E-state index is 14.1. The average Bonchev–Trinajstić information content (AvgIpc) is 2.70. The van der Waals surface area contributed by atoms with Gasteiger partial charge in [0.1, 0.15) is 5.82 Å². The molecule has 0 N–H and O–H groups in total. The van der Waals surface area contributed by atoms with Crippen molar-refractivity contribution in [3.63, 3.8) is 0 Å². The molecule has 1 aliphatic carbocycles. The number of hydrogen-bond acceptors (Lipinski definition) is 1. The molecule has 0 atom stereocenters. The van der Waals surface area contributed by atoms with Crippen LogP contribution in [-0.4, -0.2) is 10.4 Å². The number of aromatic nitrogens is 1. The minimum atomic E-state index is -0.245. The maximum absolute atomic E-state index is 14.1. The number of ketones is 1. The SMILES string of the molecule is Cc1ccc(F)c(-n2c(C)cc3c2CCCC3=O)c1. The molecule has 1 aromatic heterocycles. The first-order valence-corrected chi connectivity index (χ1v) is 6.59. The molecule has 2 aromatic rings. The second kappa shape index (κ2) is 4.34. The summed E-state index contributed by atoms with van der Waals surface area (Å²) in [5.74, 6) is -0.0683. The van der Waals surface area contributed by atoms with Crippen LogP contribution in [-0.2, 0) is 6.42 Å². The zero-order chi connectivity index (χ0) is 13.6. The Bertz CT molecular complexity index is 670. The Morgan fingerprint density at radius 1 is 1.16 bits per heavy atom. The van der Waals surface area contributed by atoms with E-state index in [1.54, 1.807) is 6.07 Å². The first kappa shape index (κ1) is 12.2. The second-order valence-corrected chi connectivity index (χ2v) is 5.21. The quantitative estimate of drug-likeness (QED) is 0.762. The van der Waals surface area contributed by atoms with E-state index >= 15 is 0 Å². The monoisotopic (exact) mass is 257 g/mol. The van der Waals surface area contributed by atoms with Gasteiger partial charge in [-0.2, -0.15) is 0 Å². The summed E-state index contributed by atoms with van der Waals surface area (Å²) in [5.41, 5.74) is 4.21. The molecule has 1 aliphatic rings. The number of benzene rings is 1. The van der Waals surface area contributed by atoms with Crippen molar-refractivity contribution >= 4 is 5.78 Å². The molecule has 0 spiro atoms. The molecule has 3 heteroatoms. The van der Waals surface area contributed by atoms with E-state index in [4.69, 9.17) is 0 Å². The number of halogens is 1. The van der Waals surface area contributed by atoms with E-state index in [0.29, 0.717) is 12.1 Å². The highest BCUT2D eigenvalue weighted by Crippen LogP contribution is 2.29. The number of hydrogen-bond donors (Lipinski definition) is 0. The molecule has 0 saturated carbocycles. The Kier molecular flexibility index (Phi) is 2.77. The number of Topliss-reactive ketones (excluding diaryl/α,β-unsaturated/α-hetero) is 1. The van der Waals surface area contributed by atoms with E-state index in [9.17, 15) is 9.18 Å². The van der Waals surface area contributed by atoms with Crippen molar-refractivity contribution in [3.05, 3.63) is 52.6 Å². The molecular weight excluding hydrogens is 241 g/mol. The molecule has 0 amide bonds. The van der Waals surface area contributed by atoms with Gasteiger partial charge in [-0.15, -0.1) is 0 Å². The molecule has 0 fully saturated rings. The third-order valence-corrected chi connectivity index (χ3v) is 3.75. The van der Waals surface area contributed by atoms with Crippen molar-refractivity contribution in [3.8, 4) is 5.69 Å². The van der Waals surface area contributed by atoms with Gasteiger partial charge in [0.05, 0.1) is 5.69 Å². The number of rotatable bonds is 1. The Morgan fingerprint density at radius 2 is 1.95 bits per heavy atom. The van der Waals surface area contributed by atoms with Crippen LogP contribution in [0.5, 0.6) is 0 Å². The van der Waals surface area contributed by atoms with Gasteiger partial charge in [-0.05, 0) is 50.5 Å². The standard InChI is InChI=1S/C16H16FNO/c1-10-6-7-13(17)15(8-10)18-11(2)9-12-14(18)4-3-5-16(12)19/h6-9H,3-5H2,1-2H3. The Balaban J connectivity index is 2.26. The van der Waals surface area contributed by atoms with Crippen LogP contribution >= 0.6 is 0 Å². The predicted octanol–water partition coefficient (Wildman–Crippen LogP) is 3.75. The van der Waals surface area contributed by atoms with E-state index in [0.717, 1.165) is 35.4 Å². The van der Waals surface area contributed by atoms with Crippen LogP contribution in [0.2, 0.25) is 0 Å². The van der Waals surface area contributed by atoms with Gasteiger partial charge in [0.25, 0.3) is 0 Å². The molecule has 2 nitrogen and oxygen atoms in total. The van der Waals surface area contributed by atoms with Crippen molar-refractivity contribution < 1.29 is 9.18 Å². The molecule has 0 unspecified atom stereocenters. The molecule has 3 rings (SSSR count). The molecular formula is C16H16FNO. The van der Waals surface area contributed by atoms with Gasteiger partial charge in [0, 0.05) is 23.4 Å². The third-order valence-electron chi connectivity index (χ3n) is 3.75. The van der Waals surface area contributed by atoms with Gasteiger partial charge in [-0.1, -0.05) is 6.07 Å². The van der Waals surface area contributed by atoms with Crippen LogP contribution in [0.1, 0.15) is 40.2 Å². The van der Waals surface area contributed by atoms with E-state index in [1.165, 1.54) is 6.07 Å². The van der Waals surface area contributed by atoms with E-state index < -0.39 is 0 Å². The summed E-state index contributed by atoms with van der Waals surface area (Å²) in [6.07, 6.45) is 2.29. The zero-order valence-corrected chi connectivity index (χ0v) is 11.2. The fraction of sp³-hybridized carbons (Fsp3) is 0.312. The molecule has 0 saturated heterocycles. The number of carbonyl (C=O) groups excluding carboxylic acids is 1. The number of aryl methyl sites for hydroxylation is 2. The minimum absolute atomic E-state index is 0.177. The second-order valence-electron chi connectivity index (χ2n) is 5.21. The predicted molar refractivity (Wildman–Crippen MR) is 72.5 cm³/mol. The van der Waals surface area contributed by atoms with Crippen molar-refractivity contribution in [2.24, 2.45) is 0 Å². The lowest BCUT2D eigenvalue weighted by Crippen LogP contribution is -2.13. The lowest BCUT2D eigenvalue weighted by Gasteiger charge is -2.17. The average molecular weight is 257 g/mol. The minimum Gasteiger partial charge on any atom is -0.315 e. The molecule has 0 aliphatic heterocycles. The smallest absolute Gasteiger partial charge is 0.164 e. The third kappa shape index (κ3) is 1.89. The van der Waals surface area contributed by atoms with Crippen molar-refractivity contribution in [1.82, 2.24) is 4.57 Å². The van der Waals surface area contributed by atoms with Gasteiger partial charge >= 0.3 is 0 Å². The van der Waals surface area contributed by atoms with Crippen LogP contribution in [0, 0.1) is 19.7 Å². The molecule has 98 valence electrons. The topological polar surface area (TPSA) is 22.0 Å².